The first-order chi connectivity index (χ1) is 8.91. The Morgan fingerprint density at radius 2 is 2.16 bits per heavy atom. The predicted octanol–water partition coefficient (Wildman–Crippen LogP) is 2.33. The lowest BCUT2D eigenvalue weighted by Crippen LogP contribution is -2.16. The molecule has 1 unspecified atom stereocenters. The number of hydrogen-bond donors (Lipinski definition) is 1. The van der Waals surface area contributed by atoms with E-state index in [-0.39, 0.29) is 5.41 Å². The molecule has 1 atom stereocenters. The molecule has 2 aromatic rings. The second-order valence-electron chi connectivity index (χ2n) is 5.66. The number of aliphatic hydroxyl groups is 1. The van der Waals surface area contributed by atoms with Gasteiger partial charge < -0.3 is 5.11 Å². The molecular formula is C13H20N4OS. The summed E-state index contributed by atoms with van der Waals surface area (Å²) in [7, 11) is 0. The Kier molecular flexibility index (Phi) is 4.01. The number of nitrogens with zero attached hydrogens (tertiary/aromatic N) is 4. The Balaban J connectivity index is 2.16. The van der Waals surface area contributed by atoms with Crippen molar-refractivity contribution in [1.29, 1.82) is 0 Å². The van der Waals surface area contributed by atoms with Crippen molar-refractivity contribution in [1.82, 2.24) is 19.4 Å². The molecule has 0 radical (unpaired) electrons. The van der Waals surface area contributed by atoms with Crippen LogP contribution in [0.15, 0.2) is 12.4 Å². The number of aryl methyl sites for hydroxylation is 1. The summed E-state index contributed by atoms with van der Waals surface area (Å²) in [5, 5.41) is 18.8. The van der Waals surface area contributed by atoms with Gasteiger partial charge in [-0.05, 0) is 24.0 Å². The second kappa shape index (κ2) is 5.38. The monoisotopic (exact) mass is 280 g/mol. The lowest BCUT2D eigenvalue weighted by atomic mass is 9.90. The fourth-order valence-corrected chi connectivity index (χ4v) is 2.79. The summed E-state index contributed by atoms with van der Waals surface area (Å²) in [5.41, 5.74) is 1.81. The largest absolute Gasteiger partial charge is 0.387 e. The van der Waals surface area contributed by atoms with Crippen molar-refractivity contribution in [2.75, 3.05) is 0 Å². The minimum absolute atomic E-state index is 0.100. The summed E-state index contributed by atoms with van der Waals surface area (Å²) in [5.74, 6) is 0. The molecule has 19 heavy (non-hydrogen) atoms. The Morgan fingerprint density at radius 3 is 2.74 bits per heavy atom. The van der Waals surface area contributed by atoms with Gasteiger partial charge in [-0.3, -0.25) is 4.68 Å². The van der Waals surface area contributed by atoms with Gasteiger partial charge in [-0.1, -0.05) is 25.3 Å². The van der Waals surface area contributed by atoms with E-state index in [0.29, 0.717) is 6.42 Å². The zero-order chi connectivity index (χ0) is 14.0. The third kappa shape index (κ3) is 3.19. The van der Waals surface area contributed by atoms with Crippen LogP contribution >= 0.6 is 11.5 Å². The van der Waals surface area contributed by atoms with Gasteiger partial charge in [0.05, 0.1) is 22.9 Å². The van der Waals surface area contributed by atoms with Gasteiger partial charge in [-0.15, -0.1) is 5.10 Å². The molecule has 2 rings (SSSR count). The van der Waals surface area contributed by atoms with Crippen molar-refractivity contribution in [2.24, 2.45) is 0 Å². The molecule has 0 bridgehead atoms. The highest BCUT2D eigenvalue weighted by Gasteiger charge is 2.26. The Labute approximate surface area is 117 Å². The fraction of sp³-hybridized carbons (Fsp3) is 0.615. The van der Waals surface area contributed by atoms with Gasteiger partial charge >= 0.3 is 0 Å². The molecule has 0 saturated carbocycles. The molecule has 0 aliphatic carbocycles. The summed E-state index contributed by atoms with van der Waals surface area (Å²) in [4.78, 5) is 0.858. The normalized spacial score (nSPS) is 13.7. The summed E-state index contributed by atoms with van der Waals surface area (Å²) in [6, 6.07) is 0. The Hall–Kier alpha value is -1.27. The van der Waals surface area contributed by atoms with E-state index < -0.39 is 6.10 Å². The molecule has 0 aliphatic heterocycles. The van der Waals surface area contributed by atoms with E-state index >= 15 is 0 Å². The maximum Gasteiger partial charge on any atom is 0.0958 e. The van der Waals surface area contributed by atoms with Crippen LogP contribution in [0.1, 0.15) is 49.9 Å². The molecule has 5 nitrogen and oxygen atoms in total. The molecule has 2 heterocycles. The van der Waals surface area contributed by atoms with E-state index in [9.17, 15) is 5.11 Å². The molecule has 2 aromatic heterocycles. The minimum Gasteiger partial charge on any atom is -0.387 e. The van der Waals surface area contributed by atoms with Gasteiger partial charge in [-0.2, -0.15) is 5.10 Å². The fourth-order valence-electron chi connectivity index (χ4n) is 1.94. The van der Waals surface area contributed by atoms with Crippen molar-refractivity contribution >= 4 is 11.5 Å². The molecule has 0 spiro atoms. The van der Waals surface area contributed by atoms with Crippen LogP contribution in [0.3, 0.4) is 0 Å². The van der Waals surface area contributed by atoms with Crippen LogP contribution in [0.4, 0.5) is 0 Å². The highest BCUT2D eigenvalue weighted by molar-refractivity contribution is 7.05. The highest BCUT2D eigenvalue weighted by atomic mass is 32.1. The lowest BCUT2D eigenvalue weighted by Gasteiger charge is -2.18. The number of aliphatic hydroxyl groups excluding tert-OH is 1. The van der Waals surface area contributed by atoms with Crippen LogP contribution in [0.5, 0.6) is 0 Å². The predicted molar refractivity (Wildman–Crippen MR) is 75.2 cm³/mol. The van der Waals surface area contributed by atoms with Gasteiger partial charge in [0, 0.05) is 24.6 Å². The molecule has 6 heteroatoms. The SMILES string of the molecule is CCn1cc(CC(O)c2snnc2C(C)(C)C)cn1. The average Bonchev–Trinajstić information content (AvgIpc) is 2.95. The third-order valence-corrected chi connectivity index (χ3v) is 3.79. The minimum atomic E-state index is -0.566. The molecule has 1 N–H and O–H groups in total. The second-order valence-corrected chi connectivity index (χ2v) is 6.45. The van der Waals surface area contributed by atoms with Crippen LogP contribution in [0.2, 0.25) is 0 Å². The van der Waals surface area contributed by atoms with Crippen molar-refractivity contribution in [3.05, 3.63) is 28.5 Å². The topological polar surface area (TPSA) is 63.8 Å². The molecule has 104 valence electrons. The molecule has 0 aliphatic rings. The van der Waals surface area contributed by atoms with Crippen molar-refractivity contribution in [3.8, 4) is 0 Å². The average molecular weight is 280 g/mol. The Morgan fingerprint density at radius 1 is 1.42 bits per heavy atom. The summed E-state index contributed by atoms with van der Waals surface area (Å²) >= 11 is 1.28. The van der Waals surface area contributed by atoms with Gasteiger partial charge in [0.1, 0.15) is 0 Å². The molecule has 0 saturated heterocycles. The summed E-state index contributed by atoms with van der Waals surface area (Å²) in [6.07, 6.45) is 3.75. The molecular weight excluding hydrogens is 260 g/mol. The number of rotatable bonds is 4. The van der Waals surface area contributed by atoms with E-state index in [1.807, 2.05) is 17.8 Å². The van der Waals surface area contributed by atoms with E-state index in [0.717, 1.165) is 22.7 Å². The molecule has 0 fully saturated rings. The van der Waals surface area contributed by atoms with Crippen LogP contribution in [0, 0.1) is 0 Å². The zero-order valence-corrected chi connectivity index (χ0v) is 12.6. The van der Waals surface area contributed by atoms with Crippen LogP contribution in [0.25, 0.3) is 0 Å². The zero-order valence-electron chi connectivity index (χ0n) is 11.8. The summed E-state index contributed by atoms with van der Waals surface area (Å²) < 4.78 is 5.84. The van der Waals surface area contributed by atoms with E-state index in [1.54, 1.807) is 6.20 Å². The smallest absolute Gasteiger partial charge is 0.0958 e. The van der Waals surface area contributed by atoms with E-state index in [2.05, 4.69) is 35.5 Å². The van der Waals surface area contributed by atoms with Crippen molar-refractivity contribution in [3.63, 3.8) is 0 Å². The van der Waals surface area contributed by atoms with E-state index in [4.69, 9.17) is 0 Å². The lowest BCUT2D eigenvalue weighted by molar-refractivity contribution is 0.179. The quantitative estimate of drug-likeness (QED) is 0.933. The number of hydrogen-bond acceptors (Lipinski definition) is 5. The third-order valence-electron chi connectivity index (χ3n) is 2.97. The van der Waals surface area contributed by atoms with Gasteiger partial charge in [0.25, 0.3) is 0 Å². The van der Waals surface area contributed by atoms with Gasteiger partial charge in [-0.25, -0.2) is 0 Å². The first kappa shape index (κ1) is 14.1. The van der Waals surface area contributed by atoms with E-state index in [1.165, 1.54) is 11.5 Å². The van der Waals surface area contributed by atoms with Gasteiger partial charge in [0.15, 0.2) is 0 Å². The maximum absolute atomic E-state index is 10.4. The Bertz CT molecular complexity index is 541. The van der Waals surface area contributed by atoms with Crippen molar-refractivity contribution < 1.29 is 5.11 Å². The molecule has 0 amide bonds. The maximum atomic E-state index is 10.4. The van der Waals surface area contributed by atoms with Gasteiger partial charge in [0.2, 0.25) is 0 Å². The highest BCUT2D eigenvalue weighted by Crippen LogP contribution is 2.31. The standard InChI is InChI=1S/C13H20N4OS/c1-5-17-8-9(7-14-17)6-10(18)11-12(13(2,3)4)15-16-19-11/h7-8,10,18H,5-6H2,1-4H3. The van der Waals surface area contributed by atoms with Crippen LogP contribution in [-0.4, -0.2) is 24.5 Å². The molecule has 0 aromatic carbocycles. The number of aromatic nitrogens is 4. The van der Waals surface area contributed by atoms with Crippen LogP contribution in [-0.2, 0) is 18.4 Å². The summed E-state index contributed by atoms with van der Waals surface area (Å²) in [6.45, 7) is 9.11. The van der Waals surface area contributed by atoms with Crippen LogP contribution < -0.4 is 0 Å². The van der Waals surface area contributed by atoms with Crippen molar-refractivity contribution in [2.45, 2.75) is 52.2 Å². The first-order valence-electron chi connectivity index (χ1n) is 6.44. The first-order valence-corrected chi connectivity index (χ1v) is 7.21.